The molecule has 1 fully saturated rings. The molecule has 6 heteroatoms. The maximum atomic E-state index is 12.9. The van der Waals surface area contributed by atoms with Gasteiger partial charge in [0, 0.05) is 59.8 Å². The number of nitrogens with zero attached hydrogens (tertiary/aromatic N) is 2. The van der Waals surface area contributed by atoms with Crippen LogP contribution in [0.2, 0.25) is 0 Å². The van der Waals surface area contributed by atoms with Crippen molar-refractivity contribution in [2.45, 2.75) is 51.9 Å². The summed E-state index contributed by atoms with van der Waals surface area (Å²) in [5, 5.41) is 10.7. The van der Waals surface area contributed by atoms with E-state index in [-0.39, 0.29) is 11.6 Å². The fourth-order valence-electron chi connectivity index (χ4n) is 5.81. The summed E-state index contributed by atoms with van der Waals surface area (Å²) in [5.41, 5.74) is 8.66. The van der Waals surface area contributed by atoms with Gasteiger partial charge in [-0.3, -0.25) is 14.7 Å². The van der Waals surface area contributed by atoms with Crippen LogP contribution in [0.1, 0.15) is 69.4 Å². The highest BCUT2D eigenvalue weighted by Gasteiger charge is 2.23. The summed E-state index contributed by atoms with van der Waals surface area (Å²) in [6, 6.07) is 24.0. The number of hydrogen-bond acceptors (Lipinski definition) is 5. The summed E-state index contributed by atoms with van der Waals surface area (Å²) in [6.07, 6.45) is 6.20. The molecule has 1 aromatic heterocycles. The lowest BCUT2D eigenvalue weighted by atomic mass is 9.98. The number of anilines is 3. The van der Waals surface area contributed by atoms with E-state index in [0.717, 1.165) is 77.6 Å². The van der Waals surface area contributed by atoms with Gasteiger partial charge in [-0.25, -0.2) is 0 Å². The van der Waals surface area contributed by atoms with Crippen LogP contribution in [0.15, 0.2) is 72.8 Å². The van der Waals surface area contributed by atoms with Crippen molar-refractivity contribution >= 4 is 28.6 Å². The Morgan fingerprint density at radius 1 is 0.825 bits per heavy atom. The molecular formula is C34H36N4O2. The third-order valence-corrected chi connectivity index (χ3v) is 8.33. The average molecular weight is 533 g/mol. The van der Waals surface area contributed by atoms with E-state index in [0.29, 0.717) is 18.5 Å². The molecule has 204 valence electrons. The molecule has 0 unspecified atom stereocenters. The van der Waals surface area contributed by atoms with Gasteiger partial charge in [0.1, 0.15) is 5.69 Å². The highest BCUT2D eigenvalue weighted by Crippen LogP contribution is 2.26. The number of carbonyl (C=O) groups excluding carboxylic acids is 2. The van der Waals surface area contributed by atoms with E-state index in [4.69, 9.17) is 0 Å². The molecule has 0 amide bonds. The van der Waals surface area contributed by atoms with Crippen LogP contribution in [0.3, 0.4) is 0 Å². The number of nitrogens with one attached hydrogen (secondary N) is 2. The van der Waals surface area contributed by atoms with Crippen molar-refractivity contribution in [1.29, 1.82) is 0 Å². The number of fused-ring (bicyclic) bond motifs is 1. The predicted molar refractivity (Wildman–Crippen MR) is 160 cm³/mol. The van der Waals surface area contributed by atoms with Crippen molar-refractivity contribution in [1.82, 2.24) is 10.2 Å². The number of aromatic nitrogens is 2. The smallest absolute Gasteiger partial charge is 0.187 e. The van der Waals surface area contributed by atoms with Gasteiger partial charge in [0.25, 0.3) is 0 Å². The van der Waals surface area contributed by atoms with Crippen LogP contribution in [0, 0.1) is 5.92 Å². The Morgan fingerprint density at radius 2 is 1.43 bits per heavy atom. The van der Waals surface area contributed by atoms with Gasteiger partial charge >= 0.3 is 0 Å². The van der Waals surface area contributed by atoms with Crippen LogP contribution in [0.4, 0.5) is 17.1 Å². The van der Waals surface area contributed by atoms with E-state index < -0.39 is 0 Å². The van der Waals surface area contributed by atoms with Gasteiger partial charge in [-0.1, -0.05) is 31.2 Å². The molecule has 0 bridgehead atoms. The minimum atomic E-state index is 0.0675. The number of benzene rings is 3. The molecule has 6 rings (SSSR count). The molecule has 0 saturated carbocycles. The van der Waals surface area contributed by atoms with Gasteiger partial charge < -0.3 is 10.2 Å². The quantitative estimate of drug-likeness (QED) is 0.234. The van der Waals surface area contributed by atoms with Gasteiger partial charge in [-0.15, -0.1) is 0 Å². The van der Waals surface area contributed by atoms with Crippen LogP contribution in [-0.2, 0) is 25.7 Å². The van der Waals surface area contributed by atoms with Crippen LogP contribution < -0.4 is 10.2 Å². The number of aryl methyl sites for hydroxylation is 1. The molecule has 1 aliphatic carbocycles. The van der Waals surface area contributed by atoms with Gasteiger partial charge in [0.05, 0.1) is 0 Å². The summed E-state index contributed by atoms with van der Waals surface area (Å²) >= 11 is 0. The van der Waals surface area contributed by atoms with Crippen molar-refractivity contribution in [2.75, 3.05) is 23.3 Å². The molecule has 3 aromatic carbocycles. The zero-order valence-corrected chi connectivity index (χ0v) is 23.1. The second kappa shape index (κ2) is 11.5. The highest BCUT2D eigenvalue weighted by atomic mass is 16.1. The van der Waals surface area contributed by atoms with Crippen molar-refractivity contribution in [3.8, 4) is 0 Å². The largest absolute Gasteiger partial charge is 0.372 e. The maximum Gasteiger partial charge on any atom is 0.187 e. The SMILES string of the molecule is CC1CCN(c2ccc(C(=O)Cc3ccc(Nc4ccc(CC(=O)c5n[nH]c6c5CCC6)cc4)cc3)cc2)CC1. The monoisotopic (exact) mass is 532 g/mol. The number of piperidine rings is 1. The molecule has 2 N–H and O–H groups in total. The Hall–Kier alpha value is -4.19. The Morgan fingerprint density at radius 3 is 2.05 bits per heavy atom. The van der Waals surface area contributed by atoms with E-state index in [9.17, 15) is 9.59 Å². The van der Waals surface area contributed by atoms with Crippen molar-refractivity contribution < 1.29 is 9.59 Å². The molecule has 0 spiro atoms. The zero-order chi connectivity index (χ0) is 27.5. The number of Topliss-reactive ketones (excluding diaryl/α,β-unsaturated/α-hetero) is 2. The molecule has 2 heterocycles. The van der Waals surface area contributed by atoms with Gasteiger partial charge in [-0.2, -0.15) is 5.10 Å². The number of H-pyrrole nitrogens is 1. The zero-order valence-electron chi connectivity index (χ0n) is 23.1. The van der Waals surface area contributed by atoms with Gasteiger partial charge in [0.2, 0.25) is 0 Å². The van der Waals surface area contributed by atoms with Crippen LogP contribution in [-0.4, -0.2) is 34.9 Å². The van der Waals surface area contributed by atoms with E-state index >= 15 is 0 Å². The molecule has 1 aliphatic heterocycles. The fourth-order valence-corrected chi connectivity index (χ4v) is 5.81. The Bertz CT molecular complexity index is 1480. The van der Waals surface area contributed by atoms with Crippen molar-refractivity contribution in [3.05, 3.63) is 106 Å². The first-order valence-corrected chi connectivity index (χ1v) is 14.4. The molecule has 2 aliphatic rings. The summed E-state index contributed by atoms with van der Waals surface area (Å²) in [4.78, 5) is 28.1. The molecule has 40 heavy (non-hydrogen) atoms. The summed E-state index contributed by atoms with van der Waals surface area (Å²) in [5.74, 6) is 0.997. The lowest BCUT2D eigenvalue weighted by molar-refractivity contribution is 0.0981. The average Bonchev–Trinajstić information content (AvgIpc) is 3.60. The Labute approximate surface area is 235 Å². The Balaban J connectivity index is 1.01. The minimum Gasteiger partial charge on any atom is -0.372 e. The molecule has 1 saturated heterocycles. The first-order valence-electron chi connectivity index (χ1n) is 14.4. The summed E-state index contributed by atoms with van der Waals surface area (Å²) in [6.45, 7) is 4.50. The van der Waals surface area contributed by atoms with E-state index in [2.05, 4.69) is 39.5 Å². The first kappa shape index (κ1) is 26.1. The minimum absolute atomic E-state index is 0.0675. The lowest BCUT2D eigenvalue weighted by Crippen LogP contribution is -2.32. The standard InChI is InChI=1S/C34H36N4O2/c1-23-17-19-38(20-18-23)29-15-9-26(10-16-29)32(39)21-24-5-11-27(12-6-24)35-28-13-7-25(8-14-28)22-33(40)34-30-3-2-4-31(30)36-37-34/h5-16,23,35H,2-4,17-22H2,1H3,(H,36,37). The maximum absolute atomic E-state index is 12.9. The van der Waals surface area contributed by atoms with Crippen LogP contribution >= 0.6 is 0 Å². The third-order valence-electron chi connectivity index (χ3n) is 8.33. The topological polar surface area (TPSA) is 78.1 Å². The second-order valence-corrected chi connectivity index (χ2v) is 11.3. The number of ketones is 2. The summed E-state index contributed by atoms with van der Waals surface area (Å²) < 4.78 is 0. The number of rotatable bonds is 9. The van der Waals surface area contributed by atoms with Crippen molar-refractivity contribution in [3.63, 3.8) is 0 Å². The number of hydrogen-bond donors (Lipinski definition) is 2. The van der Waals surface area contributed by atoms with E-state index in [1.165, 1.54) is 18.5 Å². The highest BCUT2D eigenvalue weighted by molar-refractivity contribution is 5.98. The molecule has 6 nitrogen and oxygen atoms in total. The van der Waals surface area contributed by atoms with Gasteiger partial charge in [0.15, 0.2) is 11.6 Å². The molecule has 0 radical (unpaired) electrons. The Kier molecular flexibility index (Phi) is 7.49. The van der Waals surface area contributed by atoms with Crippen LogP contribution in [0.25, 0.3) is 0 Å². The predicted octanol–water partition coefficient (Wildman–Crippen LogP) is 6.73. The molecule has 4 aromatic rings. The fraction of sp³-hybridized carbons (Fsp3) is 0.324. The molecule has 0 atom stereocenters. The summed E-state index contributed by atoms with van der Waals surface area (Å²) in [7, 11) is 0. The van der Waals surface area contributed by atoms with Crippen molar-refractivity contribution in [2.24, 2.45) is 5.92 Å². The second-order valence-electron chi connectivity index (χ2n) is 11.3. The lowest BCUT2D eigenvalue weighted by Gasteiger charge is -2.32. The first-order chi connectivity index (χ1) is 19.5. The number of aromatic amines is 1. The third kappa shape index (κ3) is 5.86. The number of carbonyl (C=O) groups is 2. The molecular weight excluding hydrogens is 496 g/mol. The van der Waals surface area contributed by atoms with Gasteiger partial charge in [-0.05, 0) is 97.7 Å². The van der Waals surface area contributed by atoms with Crippen LogP contribution in [0.5, 0.6) is 0 Å². The van der Waals surface area contributed by atoms with E-state index in [1.807, 2.05) is 60.7 Å². The normalized spacial score (nSPS) is 15.2. The van der Waals surface area contributed by atoms with E-state index in [1.54, 1.807) is 0 Å².